The van der Waals surface area contributed by atoms with Crippen molar-refractivity contribution in [2.24, 2.45) is 5.92 Å². The maximum absolute atomic E-state index is 13.3. The molecular weight excluding hydrogens is 416 g/mol. The zero-order valence-corrected chi connectivity index (χ0v) is 18.9. The molecule has 0 radical (unpaired) electrons. The molecule has 2 aliphatic rings. The lowest BCUT2D eigenvalue weighted by atomic mass is 9.91. The largest absolute Gasteiger partial charge is 0.311 e. The summed E-state index contributed by atoms with van der Waals surface area (Å²) in [6, 6.07) is 15.6. The van der Waals surface area contributed by atoms with Gasteiger partial charge < -0.3 is 4.90 Å². The Morgan fingerprint density at radius 2 is 1.80 bits per heavy atom. The number of anilines is 1. The summed E-state index contributed by atoms with van der Waals surface area (Å²) in [5, 5.41) is 0. The van der Waals surface area contributed by atoms with Crippen molar-refractivity contribution < 1.29 is 13.2 Å². The third-order valence-corrected chi connectivity index (χ3v) is 9.01. The van der Waals surface area contributed by atoms with E-state index in [1.807, 2.05) is 12.1 Å². The van der Waals surface area contributed by atoms with Crippen molar-refractivity contribution in [2.45, 2.75) is 42.4 Å². The van der Waals surface area contributed by atoms with Crippen LogP contribution in [-0.4, -0.2) is 44.0 Å². The van der Waals surface area contributed by atoms with E-state index in [2.05, 4.69) is 24.3 Å². The van der Waals surface area contributed by atoms with E-state index in [1.165, 1.54) is 5.56 Å². The number of benzene rings is 2. The highest BCUT2D eigenvalue weighted by atomic mass is 32.2. The molecule has 0 N–H and O–H groups in total. The Kier molecular flexibility index (Phi) is 6.51. The second-order valence-corrected chi connectivity index (χ2v) is 11.1. The summed E-state index contributed by atoms with van der Waals surface area (Å²) in [6.07, 6.45) is 3.64. The minimum atomic E-state index is -3.57. The molecule has 0 aliphatic carbocycles. The standard InChI is InChI=1S/C23H28N2O3S2/c1-18(26)25-12-5-15-29-23-9-8-21(17-22(23)25)30(27,28)24-13-10-20(11-14-24)16-19-6-3-2-4-7-19/h2-4,6-9,17,20H,5,10-16H2,1H3. The Bertz CT molecular complexity index is 1000. The second-order valence-electron chi connectivity index (χ2n) is 8.04. The molecule has 7 heteroatoms. The van der Waals surface area contributed by atoms with Crippen molar-refractivity contribution in [3.63, 3.8) is 0 Å². The van der Waals surface area contributed by atoms with Gasteiger partial charge in [-0.1, -0.05) is 30.3 Å². The molecule has 0 atom stereocenters. The van der Waals surface area contributed by atoms with Gasteiger partial charge >= 0.3 is 0 Å². The first-order chi connectivity index (χ1) is 14.4. The summed E-state index contributed by atoms with van der Waals surface area (Å²) < 4.78 is 28.2. The lowest BCUT2D eigenvalue weighted by Gasteiger charge is -2.31. The minimum absolute atomic E-state index is 0.0463. The first-order valence-electron chi connectivity index (χ1n) is 10.5. The quantitative estimate of drug-likeness (QED) is 0.710. The van der Waals surface area contributed by atoms with Gasteiger partial charge in [0.2, 0.25) is 15.9 Å². The minimum Gasteiger partial charge on any atom is -0.311 e. The van der Waals surface area contributed by atoms with Gasteiger partial charge in [0.1, 0.15) is 0 Å². The van der Waals surface area contributed by atoms with Crippen LogP contribution in [0.25, 0.3) is 0 Å². The van der Waals surface area contributed by atoms with Crippen molar-refractivity contribution in [1.29, 1.82) is 0 Å². The highest BCUT2D eigenvalue weighted by Gasteiger charge is 2.31. The van der Waals surface area contributed by atoms with Crippen LogP contribution in [0, 0.1) is 5.92 Å². The molecular formula is C23H28N2O3S2. The fourth-order valence-electron chi connectivity index (χ4n) is 4.29. The smallest absolute Gasteiger partial charge is 0.243 e. The van der Waals surface area contributed by atoms with Crippen molar-refractivity contribution in [3.05, 3.63) is 54.1 Å². The van der Waals surface area contributed by atoms with Gasteiger partial charge in [-0.05, 0) is 61.1 Å². The summed E-state index contributed by atoms with van der Waals surface area (Å²) in [5.41, 5.74) is 2.04. The first-order valence-corrected chi connectivity index (χ1v) is 13.0. The molecule has 1 saturated heterocycles. The lowest BCUT2D eigenvalue weighted by molar-refractivity contribution is -0.116. The Hall–Kier alpha value is -1.83. The molecule has 4 rings (SSSR count). The number of sulfonamides is 1. The zero-order valence-electron chi connectivity index (χ0n) is 17.3. The van der Waals surface area contributed by atoms with Crippen molar-refractivity contribution in [1.82, 2.24) is 4.31 Å². The number of fused-ring (bicyclic) bond motifs is 1. The van der Waals surface area contributed by atoms with E-state index >= 15 is 0 Å². The van der Waals surface area contributed by atoms with Gasteiger partial charge in [-0.25, -0.2) is 8.42 Å². The number of piperidine rings is 1. The number of rotatable bonds is 4. The van der Waals surface area contributed by atoms with Gasteiger partial charge in [0.25, 0.3) is 0 Å². The van der Waals surface area contributed by atoms with Gasteiger partial charge in [-0.15, -0.1) is 11.8 Å². The van der Waals surface area contributed by atoms with E-state index in [9.17, 15) is 13.2 Å². The average molecular weight is 445 g/mol. The zero-order chi connectivity index (χ0) is 21.1. The van der Waals surface area contributed by atoms with Crippen LogP contribution in [0.4, 0.5) is 5.69 Å². The van der Waals surface area contributed by atoms with Crippen LogP contribution in [-0.2, 0) is 21.2 Å². The van der Waals surface area contributed by atoms with Crippen LogP contribution in [0.2, 0.25) is 0 Å². The maximum atomic E-state index is 13.3. The van der Waals surface area contributed by atoms with Gasteiger partial charge in [-0.2, -0.15) is 4.31 Å². The molecule has 30 heavy (non-hydrogen) atoms. The number of carbonyl (C=O) groups excluding carboxylic acids is 1. The molecule has 2 aromatic rings. The van der Waals surface area contributed by atoms with Crippen LogP contribution in [0.5, 0.6) is 0 Å². The molecule has 0 bridgehead atoms. The molecule has 0 unspecified atom stereocenters. The predicted molar refractivity (Wildman–Crippen MR) is 121 cm³/mol. The number of hydrogen-bond donors (Lipinski definition) is 0. The fraction of sp³-hybridized carbons (Fsp3) is 0.435. The molecule has 1 amide bonds. The lowest BCUT2D eigenvalue weighted by Crippen LogP contribution is -2.39. The Balaban J connectivity index is 1.50. The molecule has 1 fully saturated rings. The number of amides is 1. The Morgan fingerprint density at radius 3 is 2.50 bits per heavy atom. The van der Waals surface area contributed by atoms with E-state index in [1.54, 1.807) is 40.0 Å². The average Bonchev–Trinajstić information content (AvgIpc) is 2.97. The second kappa shape index (κ2) is 9.12. The topological polar surface area (TPSA) is 57.7 Å². The van der Waals surface area contributed by atoms with Crippen LogP contribution in [0.3, 0.4) is 0 Å². The third-order valence-electron chi connectivity index (χ3n) is 5.96. The van der Waals surface area contributed by atoms with E-state index in [-0.39, 0.29) is 10.8 Å². The van der Waals surface area contributed by atoms with Crippen LogP contribution < -0.4 is 4.90 Å². The normalized spacial score (nSPS) is 18.6. The van der Waals surface area contributed by atoms with Gasteiger partial charge in [0, 0.05) is 31.5 Å². The van der Waals surface area contributed by atoms with Gasteiger partial charge in [0.15, 0.2) is 0 Å². The van der Waals surface area contributed by atoms with Crippen molar-refractivity contribution in [3.8, 4) is 0 Å². The van der Waals surface area contributed by atoms with Crippen molar-refractivity contribution in [2.75, 3.05) is 30.3 Å². The fourth-order valence-corrected chi connectivity index (χ4v) is 6.76. The molecule has 0 saturated carbocycles. The van der Waals surface area contributed by atoms with Gasteiger partial charge in [-0.3, -0.25) is 4.79 Å². The number of hydrogen-bond acceptors (Lipinski definition) is 4. The first kappa shape index (κ1) is 21.4. The van der Waals surface area contributed by atoms with E-state index in [0.29, 0.717) is 25.6 Å². The number of thioether (sulfide) groups is 1. The molecule has 2 aliphatic heterocycles. The summed E-state index contributed by atoms with van der Waals surface area (Å²) in [4.78, 5) is 15.1. The summed E-state index contributed by atoms with van der Waals surface area (Å²) in [7, 11) is -3.57. The summed E-state index contributed by atoms with van der Waals surface area (Å²) in [6.45, 7) is 3.26. The predicted octanol–water partition coefficient (Wildman–Crippen LogP) is 4.18. The monoisotopic (exact) mass is 444 g/mol. The Morgan fingerprint density at radius 1 is 1.07 bits per heavy atom. The highest BCUT2D eigenvalue weighted by molar-refractivity contribution is 7.99. The van der Waals surface area contributed by atoms with E-state index in [4.69, 9.17) is 0 Å². The summed E-state index contributed by atoms with van der Waals surface area (Å²) in [5.74, 6) is 1.39. The third kappa shape index (κ3) is 4.58. The molecule has 5 nitrogen and oxygen atoms in total. The molecule has 160 valence electrons. The molecule has 2 heterocycles. The van der Waals surface area contributed by atoms with Gasteiger partial charge in [0.05, 0.1) is 10.6 Å². The van der Waals surface area contributed by atoms with E-state index in [0.717, 1.165) is 42.0 Å². The van der Waals surface area contributed by atoms with Crippen molar-refractivity contribution >= 4 is 33.4 Å². The summed E-state index contributed by atoms with van der Waals surface area (Å²) >= 11 is 1.68. The number of nitrogens with zero attached hydrogens (tertiary/aromatic N) is 2. The van der Waals surface area contributed by atoms with Crippen LogP contribution >= 0.6 is 11.8 Å². The Labute approximate surface area is 183 Å². The molecule has 0 spiro atoms. The molecule has 2 aromatic carbocycles. The number of carbonyl (C=O) groups is 1. The molecule has 0 aromatic heterocycles. The van der Waals surface area contributed by atoms with E-state index < -0.39 is 10.0 Å². The maximum Gasteiger partial charge on any atom is 0.243 e. The highest BCUT2D eigenvalue weighted by Crippen LogP contribution is 2.37. The van der Waals surface area contributed by atoms with Crippen LogP contribution in [0.15, 0.2) is 58.3 Å². The van der Waals surface area contributed by atoms with Crippen LogP contribution in [0.1, 0.15) is 31.7 Å². The SMILES string of the molecule is CC(=O)N1CCCSc2ccc(S(=O)(=O)N3CCC(Cc4ccccc4)CC3)cc21.